The average Bonchev–Trinajstić information content (AvgIpc) is 2.84. The average molecular weight is 668 g/mol. The summed E-state index contributed by atoms with van der Waals surface area (Å²) in [6.45, 7) is 15.3. The first-order chi connectivity index (χ1) is 17.1. The Bertz CT molecular complexity index is 1270. The molecule has 0 N–H and O–H groups in total. The van der Waals surface area contributed by atoms with E-state index in [9.17, 15) is 0 Å². The van der Waals surface area contributed by atoms with Crippen molar-refractivity contribution in [3.05, 3.63) is 108 Å². The van der Waals surface area contributed by atoms with Crippen LogP contribution in [0.25, 0.3) is 22.3 Å². The third-order valence-corrected chi connectivity index (χ3v) is 6.96. The zero-order valence-electron chi connectivity index (χ0n) is 22.7. The third kappa shape index (κ3) is 5.70. The number of fused-ring (bicyclic) bond motifs is 8. The van der Waals surface area contributed by atoms with Crippen LogP contribution in [0.4, 0.5) is 11.4 Å². The second-order valence-corrected chi connectivity index (χ2v) is 11.7. The van der Waals surface area contributed by atoms with E-state index in [2.05, 4.69) is 148 Å². The Morgan fingerprint density at radius 3 is 1.27 bits per heavy atom. The largest absolute Gasteiger partial charge is 4.00 e. The number of anilines is 2. The number of rotatable bonds is 0. The minimum absolute atomic E-state index is 0. The van der Waals surface area contributed by atoms with Gasteiger partial charge in [0.15, 0.2) is 0 Å². The Kier molecular flexibility index (Phi) is 7.72. The minimum atomic E-state index is -0.0738. The second-order valence-electron chi connectivity index (χ2n) is 11.7. The summed E-state index contributed by atoms with van der Waals surface area (Å²) in [5, 5.41) is 0. The Hall–Kier alpha value is -2.83. The van der Waals surface area contributed by atoms with Gasteiger partial charge in [-0.2, -0.15) is 0 Å². The van der Waals surface area contributed by atoms with Gasteiger partial charge in [0.05, 0.1) is 0 Å². The Labute approximate surface area is 237 Å². The molecule has 0 spiro atoms. The smallest absolute Gasteiger partial charge is 0.371 e. The Morgan fingerprint density at radius 2 is 0.892 bits per heavy atom. The molecular weight excluding hydrogens is 631 g/mol. The van der Waals surface area contributed by atoms with E-state index in [0.717, 1.165) is 24.2 Å². The first-order valence-electron chi connectivity index (χ1n) is 12.9. The van der Waals surface area contributed by atoms with Gasteiger partial charge < -0.3 is 9.80 Å². The van der Waals surface area contributed by atoms with Gasteiger partial charge >= 0.3 is 21.1 Å². The van der Waals surface area contributed by atoms with Crippen molar-refractivity contribution < 1.29 is 21.1 Å². The zero-order chi connectivity index (χ0) is 25.5. The fourth-order valence-electron chi connectivity index (χ4n) is 5.11. The molecule has 0 aromatic heterocycles. The predicted molar refractivity (Wildman–Crippen MR) is 153 cm³/mol. The first kappa shape index (κ1) is 27.2. The summed E-state index contributed by atoms with van der Waals surface area (Å²) in [5.74, 6) is 0. The third-order valence-electron chi connectivity index (χ3n) is 6.96. The predicted octanol–water partition coefficient (Wildman–Crippen LogP) is 8.54. The molecule has 0 fully saturated rings. The Morgan fingerprint density at radius 1 is 0.514 bits per heavy atom. The molecule has 0 unspecified atom stereocenters. The number of para-hydroxylation sites is 2. The van der Waals surface area contributed by atoms with E-state index < -0.39 is 0 Å². The summed E-state index contributed by atoms with van der Waals surface area (Å²) in [5.41, 5.74) is 9.36. The van der Waals surface area contributed by atoms with Gasteiger partial charge in [0.2, 0.25) is 0 Å². The van der Waals surface area contributed by atoms with Crippen LogP contribution >= 0.6 is 0 Å². The van der Waals surface area contributed by atoms with E-state index in [-0.39, 0.29) is 32.1 Å². The molecule has 1 aliphatic rings. The van der Waals surface area contributed by atoms with Crippen molar-refractivity contribution in [2.24, 2.45) is 0 Å². The molecule has 0 atom stereocenters. The van der Waals surface area contributed by atoms with Gasteiger partial charge in [-0.3, -0.25) is 0 Å². The molecule has 1 aliphatic heterocycles. The maximum atomic E-state index is 3.79. The van der Waals surface area contributed by atoms with E-state index in [1.807, 2.05) is 0 Å². The minimum Gasteiger partial charge on any atom is -0.371 e. The van der Waals surface area contributed by atoms with Gasteiger partial charge in [-0.05, 0) is 53.7 Å². The molecule has 3 heteroatoms. The van der Waals surface area contributed by atoms with Crippen molar-refractivity contribution in [3.63, 3.8) is 0 Å². The van der Waals surface area contributed by atoms with Crippen molar-refractivity contribution in [1.29, 1.82) is 0 Å². The number of hydrogen-bond acceptors (Lipinski definition) is 2. The fraction of sp³-hybridized carbons (Fsp3) is 0.294. The zero-order valence-corrected chi connectivity index (χ0v) is 25.0. The van der Waals surface area contributed by atoms with E-state index in [1.165, 1.54) is 33.6 Å². The summed E-state index contributed by atoms with van der Waals surface area (Å²) >= 11 is 0. The van der Waals surface area contributed by atoms with Gasteiger partial charge in [-0.25, -0.2) is 0 Å². The number of hydrogen-bond donors (Lipinski definition) is 0. The van der Waals surface area contributed by atoms with Crippen molar-refractivity contribution in [1.82, 2.24) is 0 Å². The molecule has 4 aromatic rings. The molecule has 0 amide bonds. The Balaban J connectivity index is 0.00000320. The molecule has 190 valence electrons. The van der Waals surface area contributed by atoms with Gasteiger partial charge in [-0.15, -0.1) is 70.8 Å². The summed E-state index contributed by atoms with van der Waals surface area (Å²) < 4.78 is 0. The molecule has 2 nitrogen and oxygen atoms in total. The van der Waals surface area contributed by atoms with E-state index >= 15 is 0 Å². The monoisotopic (exact) mass is 667 g/mol. The van der Waals surface area contributed by atoms with Crippen LogP contribution in [0.5, 0.6) is 0 Å². The van der Waals surface area contributed by atoms with Gasteiger partial charge in [0.25, 0.3) is 0 Å². The fourth-order valence-corrected chi connectivity index (χ4v) is 5.11. The van der Waals surface area contributed by atoms with Crippen LogP contribution in [0.15, 0.2) is 84.9 Å². The SMILES string of the molecule is CC(C)(C)N1Cc2[c-]c(ccc2)-c2ccccc2N(C(C)(C)C)Cc2[c-]c(ccc2)-c2ccccc21.[Pt+4]. The van der Waals surface area contributed by atoms with Crippen molar-refractivity contribution >= 4 is 11.4 Å². The van der Waals surface area contributed by atoms with Crippen molar-refractivity contribution in [2.45, 2.75) is 65.7 Å². The normalized spacial score (nSPS) is 13.7. The molecule has 0 radical (unpaired) electrons. The maximum absolute atomic E-state index is 3.79. The molecule has 4 aromatic carbocycles. The molecule has 37 heavy (non-hydrogen) atoms. The van der Waals surface area contributed by atoms with Crippen LogP contribution in [0, 0.1) is 12.1 Å². The first-order valence-corrected chi connectivity index (χ1v) is 12.9. The van der Waals surface area contributed by atoms with Crippen molar-refractivity contribution in [2.75, 3.05) is 9.80 Å². The van der Waals surface area contributed by atoms with Crippen molar-refractivity contribution in [3.8, 4) is 22.3 Å². The summed E-state index contributed by atoms with van der Waals surface area (Å²) in [4.78, 5) is 5.00. The van der Waals surface area contributed by atoms with Crippen LogP contribution in [0.1, 0.15) is 52.7 Å². The molecule has 1 heterocycles. The van der Waals surface area contributed by atoms with Gasteiger partial charge in [-0.1, -0.05) is 47.5 Å². The van der Waals surface area contributed by atoms with Crippen LogP contribution < -0.4 is 9.80 Å². The second kappa shape index (κ2) is 10.5. The topological polar surface area (TPSA) is 6.48 Å². The van der Waals surface area contributed by atoms with Gasteiger partial charge in [0.1, 0.15) is 0 Å². The summed E-state index contributed by atoms with van der Waals surface area (Å²) in [6.07, 6.45) is 0. The van der Waals surface area contributed by atoms with E-state index in [4.69, 9.17) is 0 Å². The molecule has 5 rings (SSSR count). The standard InChI is InChI=1S/C34H36N2.Pt/c1-33(2,3)35-23-25-13-11-16-28(21-25)30-18-8-10-20-32(30)36(34(4,5)6)24-26-14-12-15-27(22-26)29-17-7-9-19-31(29)35;/h7-20H,23-24H2,1-6H3;/q-2;+4. The van der Waals surface area contributed by atoms with Crippen LogP contribution in [0.3, 0.4) is 0 Å². The molecule has 4 bridgehead atoms. The van der Waals surface area contributed by atoms with Crippen LogP contribution in [0.2, 0.25) is 0 Å². The van der Waals surface area contributed by atoms with Crippen LogP contribution in [-0.2, 0) is 34.2 Å². The van der Waals surface area contributed by atoms with E-state index in [0.29, 0.717) is 0 Å². The summed E-state index contributed by atoms with van der Waals surface area (Å²) in [6, 6.07) is 38.2. The number of nitrogens with zero attached hydrogens (tertiary/aromatic N) is 2. The molecular formula is C34H36N2Pt+2. The van der Waals surface area contributed by atoms with E-state index in [1.54, 1.807) is 0 Å². The van der Waals surface area contributed by atoms with Gasteiger partial charge in [0, 0.05) is 35.5 Å². The quantitative estimate of drug-likeness (QED) is 0.174. The molecule has 0 aliphatic carbocycles. The summed E-state index contributed by atoms with van der Waals surface area (Å²) in [7, 11) is 0. The van der Waals surface area contributed by atoms with Crippen LogP contribution in [-0.4, -0.2) is 11.1 Å². The number of benzene rings is 4. The maximum Gasteiger partial charge on any atom is 4.00 e. The molecule has 0 saturated carbocycles. The molecule has 0 saturated heterocycles.